The Morgan fingerprint density at radius 3 is 2.40 bits per heavy atom. The number of rotatable bonds is 7. The van der Waals surface area contributed by atoms with Gasteiger partial charge in [-0.1, -0.05) is 52.8 Å². The van der Waals surface area contributed by atoms with Crippen LogP contribution in [0.4, 0.5) is 10.8 Å². The second-order valence-electron chi connectivity index (χ2n) is 6.24. The topological polar surface area (TPSA) is 125 Å². The molecule has 3 aromatic rings. The molecule has 3 rings (SSSR count). The first-order valence-corrected chi connectivity index (χ1v) is 10.7. The van der Waals surface area contributed by atoms with Gasteiger partial charge in [0.2, 0.25) is 5.91 Å². The van der Waals surface area contributed by atoms with Crippen LogP contribution in [0.15, 0.2) is 48.5 Å². The number of benzene rings is 2. The lowest BCUT2D eigenvalue weighted by molar-refractivity contribution is -0.384. The minimum Gasteiger partial charge on any atom is -0.772 e. The number of carbonyl (C=O) groups excluding carboxylic acids is 1. The van der Waals surface area contributed by atoms with Gasteiger partial charge in [0, 0.05) is 24.8 Å². The summed E-state index contributed by atoms with van der Waals surface area (Å²) in [5, 5.41) is 13.9. The number of non-ortho nitro benzene ring substituents is 1. The van der Waals surface area contributed by atoms with E-state index in [4.69, 9.17) is 0 Å². The van der Waals surface area contributed by atoms with Crippen molar-refractivity contribution in [3.05, 3.63) is 75.5 Å². The van der Waals surface area contributed by atoms with E-state index in [0.29, 0.717) is 16.4 Å². The van der Waals surface area contributed by atoms with E-state index in [9.17, 15) is 23.7 Å². The van der Waals surface area contributed by atoms with Crippen molar-refractivity contribution in [2.45, 2.75) is 12.7 Å². The number of aromatic nitrogens is 1. The zero-order valence-electron chi connectivity index (χ0n) is 15.7. The monoisotopic (exact) mass is 442 g/mol. The molecular formula is C20H16N3O5S2-. The highest BCUT2D eigenvalue weighted by Gasteiger charge is 2.12. The van der Waals surface area contributed by atoms with Crippen molar-refractivity contribution in [1.29, 1.82) is 0 Å². The summed E-state index contributed by atoms with van der Waals surface area (Å²) in [7, 11) is 0. The van der Waals surface area contributed by atoms with Gasteiger partial charge >= 0.3 is 0 Å². The largest absolute Gasteiger partial charge is 0.772 e. The van der Waals surface area contributed by atoms with Crippen LogP contribution in [0.25, 0.3) is 22.6 Å². The van der Waals surface area contributed by atoms with Crippen LogP contribution >= 0.6 is 11.3 Å². The van der Waals surface area contributed by atoms with E-state index in [2.05, 4.69) is 10.3 Å². The highest BCUT2D eigenvalue weighted by Crippen LogP contribution is 2.34. The van der Waals surface area contributed by atoms with Crippen molar-refractivity contribution < 1.29 is 18.5 Å². The van der Waals surface area contributed by atoms with Crippen LogP contribution in [-0.4, -0.2) is 24.6 Å². The Morgan fingerprint density at radius 1 is 1.17 bits per heavy atom. The van der Waals surface area contributed by atoms with Gasteiger partial charge in [-0.15, -0.1) is 0 Å². The van der Waals surface area contributed by atoms with E-state index in [1.165, 1.54) is 30.4 Å². The summed E-state index contributed by atoms with van der Waals surface area (Å²) < 4.78 is 21.7. The molecule has 0 radical (unpaired) electrons. The van der Waals surface area contributed by atoms with Crippen LogP contribution in [0, 0.1) is 10.1 Å². The van der Waals surface area contributed by atoms with Gasteiger partial charge < -0.3 is 9.87 Å². The first kappa shape index (κ1) is 21.5. The molecular weight excluding hydrogens is 426 g/mol. The summed E-state index contributed by atoms with van der Waals surface area (Å²) in [6.45, 7) is 1.39. The van der Waals surface area contributed by atoms with Crippen LogP contribution in [-0.2, 0) is 21.6 Å². The Morgan fingerprint density at radius 2 is 1.83 bits per heavy atom. The van der Waals surface area contributed by atoms with E-state index in [0.717, 1.165) is 16.0 Å². The summed E-state index contributed by atoms with van der Waals surface area (Å²) >= 11 is -0.867. The predicted molar refractivity (Wildman–Crippen MR) is 117 cm³/mol. The molecule has 0 aliphatic heterocycles. The summed E-state index contributed by atoms with van der Waals surface area (Å²) in [5.41, 5.74) is 2.87. The standard InChI is InChI=1S/C20H17N3O5S2/c1-13(24)21-20-22-18(11-6-14-4-9-17(10-5-14)23(25)26)19(29-20)16-7-2-15(3-8-16)12-30(27)28/h2-11H,12H2,1H3,(H,27,28)(H,21,22,24)/p-1/b11-6+. The fourth-order valence-electron chi connectivity index (χ4n) is 2.63. The summed E-state index contributed by atoms with van der Waals surface area (Å²) in [6, 6.07) is 13.2. The van der Waals surface area contributed by atoms with E-state index in [1.807, 2.05) is 0 Å². The van der Waals surface area contributed by atoms with Gasteiger partial charge in [0.1, 0.15) is 0 Å². The molecule has 1 amide bonds. The minimum absolute atomic E-state index is 0.00791. The van der Waals surface area contributed by atoms with Gasteiger partial charge in [0.25, 0.3) is 5.69 Å². The maximum Gasteiger partial charge on any atom is 0.269 e. The Kier molecular flexibility index (Phi) is 6.83. The van der Waals surface area contributed by atoms with Gasteiger partial charge in [0.15, 0.2) is 5.13 Å². The minimum atomic E-state index is -2.16. The van der Waals surface area contributed by atoms with Gasteiger partial charge in [-0.2, -0.15) is 0 Å². The molecule has 0 bridgehead atoms. The molecule has 0 spiro atoms. The lowest BCUT2D eigenvalue weighted by Crippen LogP contribution is -2.04. The third-order valence-corrected chi connectivity index (χ3v) is 5.58. The molecule has 0 fully saturated rings. The molecule has 2 aromatic carbocycles. The molecule has 10 heteroatoms. The second kappa shape index (κ2) is 9.53. The van der Waals surface area contributed by atoms with Crippen molar-refractivity contribution in [3.63, 3.8) is 0 Å². The number of amides is 1. The number of anilines is 1. The van der Waals surface area contributed by atoms with Gasteiger partial charge in [0.05, 0.1) is 15.5 Å². The third-order valence-electron chi connectivity index (χ3n) is 3.97. The molecule has 1 heterocycles. The second-order valence-corrected chi connectivity index (χ2v) is 8.14. The van der Waals surface area contributed by atoms with Crippen LogP contribution in [0.2, 0.25) is 0 Å². The lowest BCUT2D eigenvalue weighted by Gasteiger charge is -2.06. The zero-order chi connectivity index (χ0) is 21.7. The van der Waals surface area contributed by atoms with Crippen molar-refractivity contribution in [2.24, 2.45) is 0 Å². The number of hydrogen-bond acceptors (Lipinski definition) is 7. The van der Waals surface area contributed by atoms with Gasteiger partial charge in [-0.3, -0.25) is 19.1 Å². The van der Waals surface area contributed by atoms with E-state index >= 15 is 0 Å². The predicted octanol–water partition coefficient (Wildman–Crippen LogP) is 4.23. The SMILES string of the molecule is CC(=O)Nc1nc(/C=C/c2ccc([N+](=O)[O-])cc2)c(-c2ccc(CS(=O)[O-])cc2)s1. The van der Waals surface area contributed by atoms with Gasteiger partial charge in [-0.05, 0) is 34.9 Å². The quantitative estimate of drug-likeness (QED) is 0.332. The van der Waals surface area contributed by atoms with Crippen LogP contribution in [0.3, 0.4) is 0 Å². The smallest absolute Gasteiger partial charge is 0.269 e. The third kappa shape index (κ3) is 5.66. The zero-order valence-corrected chi connectivity index (χ0v) is 17.4. The highest BCUT2D eigenvalue weighted by molar-refractivity contribution is 7.78. The molecule has 1 aromatic heterocycles. The normalized spacial score (nSPS) is 12.1. The molecule has 1 atom stereocenters. The Balaban J connectivity index is 1.92. The number of carbonyl (C=O) groups is 1. The van der Waals surface area contributed by atoms with E-state index in [1.54, 1.807) is 48.6 Å². The van der Waals surface area contributed by atoms with Crippen LogP contribution in [0.5, 0.6) is 0 Å². The Labute approximate surface area is 178 Å². The lowest BCUT2D eigenvalue weighted by atomic mass is 10.1. The maximum absolute atomic E-state index is 11.4. The Bertz CT molecular complexity index is 1120. The number of nitro groups is 1. The number of thiazole rings is 1. The van der Waals surface area contributed by atoms with Crippen LogP contribution < -0.4 is 5.32 Å². The average Bonchev–Trinajstić information content (AvgIpc) is 3.08. The maximum atomic E-state index is 11.4. The first-order chi connectivity index (χ1) is 14.3. The van der Waals surface area contributed by atoms with E-state index in [-0.39, 0.29) is 17.3 Å². The molecule has 1 N–H and O–H groups in total. The summed E-state index contributed by atoms with van der Waals surface area (Å²) in [6.07, 6.45) is 3.54. The number of hydrogen-bond donors (Lipinski definition) is 1. The first-order valence-electron chi connectivity index (χ1n) is 8.68. The Hall–Kier alpha value is -3.21. The fraction of sp³-hybridized carbons (Fsp3) is 0.100. The summed E-state index contributed by atoms with van der Waals surface area (Å²) in [5.74, 6) is -0.304. The highest BCUT2D eigenvalue weighted by atomic mass is 32.2. The average molecular weight is 442 g/mol. The fourth-order valence-corrected chi connectivity index (χ4v) is 4.10. The molecule has 0 aliphatic carbocycles. The van der Waals surface area contributed by atoms with Crippen molar-refractivity contribution in [2.75, 3.05) is 5.32 Å². The number of nitrogens with one attached hydrogen (secondary N) is 1. The molecule has 0 aliphatic rings. The van der Waals surface area contributed by atoms with Crippen LogP contribution in [0.1, 0.15) is 23.7 Å². The van der Waals surface area contributed by atoms with Crippen molar-refractivity contribution in [3.8, 4) is 10.4 Å². The van der Waals surface area contributed by atoms with Crippen molar-refractivity contribution in [1.82, 2.24) is 4.98 Å². The van der Waals surface area contributed by atoms with Crippen molar-refractivity contribution >= 4 is 51.3 Å². The summed E-state index contributed by atoms with van der Waals surface area (Å²) in [4.78, 5) is 27.0. The van der Waals surface area contributed by atoms with Gasteiger partial charge in [-0.25, -0.2) is 4.98 Å². The molecule has 1 unspecified atom stereocenters. The molecule has 0 saturated carbocycles. The van der Waals surface area contributed by atoms with E-state index < -0.39 is 16.0 Å². The number of nitro benzene ring substituents is 1. The molecule has 0 saturated heterocycles. The number of nitrogens with zero attached hydrogens (tertiary/aromatic N) is 2. The molecule has 30 heavy (non-hydrogen) atoms. The molecule has 154 valence electrons. The molecule has 8 nitrogen and oxygen atoms in total.